The van der Waals surface area contributed by atoms with Gasteiger partial charge in [0.25, 0.3) is 0 Å². The average molecular weight is 219 g/mol. The van der Waals surface area contributed by atoms with Crippen LogP contribution in [0.3, 0.4) is 0 Å². The van der Waals surface area contributed by atoms with Gasteiger partial charge in [0.05, 0.1) is 6.42 Å². The van der Waals surface area contributed by atoms with Gasteiger partial charge in [-0.3, -0.25) is 4.79 Å². The number of amides is 1. The van der Waals surface area contributed by atoms with Gasteiger partial charge in [0.2, 0.25) is 5.91 Å². The van der Waals surface area contributed by atoms with E-state index in [0.717, 1.165) is 5.56 Å². The van der Waals surface area contributed by atoms with Gasteiger partial charge in [0.1, 0.15) is 0 Å². The summed E-state index contributed by atoms with van der Waals surface area (Å²) in [7, 11) is 3.57. The molecule has 1 rings (SSSR count). The smallest absolute Gasteiger partial charge is 0.226 e. The van der Waals surface area contributed by atoms with Crippen molar-refractivity contribution in [3.05, 3.63) is 35.4 Å². The van der Waals surface area contributed by atoms with Crippen LogP contribution in [0.15, 0.2) is 24.3 Å². The standard InChI is InChI=1S/C14H21NO/c1-14(2,3)12-8-6-11(7-9-12)10-13(16)15(4)5/h6-9H,10H2,1-5H3. The first-order valence-corrected chi connectivity index (χ1v) is 5.60. The number of rotatable bonds is 2. The Hall–Kier alpha value is -1.31. The summed E-state index contributed by atoms with van der Waals surface area (Å²) < 4.78 is 0. The Morgan fingerprint density at radius 2 is 1.62 bits per heavy atom. The van der Waals surface area contributed by atoms with Crippen molar-refractivity contribution in [2.75, 3.05) is 14.1 Å². The van der Waals surface area contributed by atoms with Crippen molar-refractivity contribution >= 4 is 5.91 Å². The molecule has 1 aromatic carbocycles. The summed E-state index contributed by atoms with van der Waals surface area (Å²) in [6.07, 6.45) is 0.484. The fourth-order valence-corrected chi connectivity index (χ4v) is 1.46. The molecule has 0 radical (unpaired) electrons. The molecule has 16 heavy (non-hydrogen) atoms. The highest BCUT2D eigenvalue weighted by molar-refractivity contribution is 5.78. The maximum atomic E-state index is 11.5. The Balaban J connectivity index is 2.76. The van der Waals surface area contributed by atoms with Crippen LogP contribution in [0.2, 0.25) is 0 Å². The topological polar surface area (TPSA) is 20.3 Å². The molecule has 1 amide bonds. The van der Waals surface area contributed by atoms with E-state index in [4.69, 9.17) is 0 Å². The van der Waals surface area contributed by atoms with Crippen molar-refractivity contribution in [2.45, 2.75) is 32.6 Å². The van der Waals surface area contributed by atoms with Crippen LogP contribution in [-0.4, -0.2) is 24.9 Å². The van der Waals surface area contributed by atoms with E-state index < -0.39 is 0 Å². The van der Waals surface area contributed by atoms with E-state index in [1.807, 2.05) is 12.1 Å². The molecule has 0 atom stereocenters. The Morgan fingerprint density at radius 3 is 2.00 bits per heavy atom. The zero-order valence-electron chi connectivity index (χ0n) is 10.9. The van der Waals surface area contributed by atoms with E-state index >= 15 is 0 Å². The first-order valence-electron chi connectivity index (χ1n) is 5.60. The molecule has 0 aliphatic rings. The molecule has 0 aromatic heterocycles. The summed E-state index contributed by atoms with van der Waals surface area (Å²) in [5.41, 5.74) is 2.55. The average Bonchev–Trinajstić information content (AvgIpc) is 2.17. The Kier molecular flexibility index (Phi) is 3.74. The van der Waals surface area contributed by atoms with Crippen LogP contribution in [0.4, 0.5) is 0 Å². The summed E-state index contributed by atoms with van der Waals surface area (Å²) in [6, 6.07) is 8.31. The van der Waals surface area contributed by atoms with E-state index in [0.29, 0.717) is 6.42 Å². The fourth-order valence-electron chi connectivity index (χ4n) is 1.46. The van der Waals surface area contributed by atoms with E-state index in [1.54, 1.807) is 19.0 Å². The summed E-state index contributed by atoms with van der Waals surface area (Å²) in [6.45, 7) is 6.56. The fraction of sp³-hybridized carbons (Fsp3) is 0.500. The molecule has 0 saturated heterocycles. The molecule has 0 saturated carbocycles. The van der Waals surface area contributed by atoms with Gasteiger partial charge in [-0.25, -0.2) is 0 Å². The zero-order valence-corrected chi connectivity index (χ0v) is 10.9. The predicted molar refractivity (Wildman–Crippen MR) is 67.5 cm³/mol. The molecule has 0 spiro atoms. The lowest BCUT2D eigenvalue weighted by molar-refractivity contribution is -0.127. The molecule has 0 unspecified atom stereocenters. The zero-order chi connectivity index (χ0) is 12.3. The first kappa shape index (κ1) is 12.8. The van der Waals surface area contributed by atoms with E-state index in [9.17, 15) is 4.79 Å². The quantitative estimate of drug-likeness (QED) is 0.748. The van der Waals surface area contributed by atoms with Crippen LogP contribution in [-0.2, 0) is 16.6 Å². The van der Waals surface area contributed by atoms with Crippen LogP contribution in [0, 0.1) is 0 Å². The van der Waals surface area contributed by atoms with Crippen molar-refractivity contribution in [1.82, 2.24) is 4.90 Å². The Morgan fingerprint density at radius 1 is 1.12 bits per heavy atom. The number of nitrogens with zero attached hydrogens (tertiary/aromatic N) is 1. The van der Waals surface area contributed by atoms with E-state index in [1.165, 1.54) is 5.56 Å². The van der Waals surface area contributed by atoms with Gasteiger partial charge in [0, 0.05) is 14.1 Å². The minimum atomic E-state index is 0.142. The normalized spacial score (nSPS) is 11.3. The highest BCUT2D eigenvalue weighted by atomic mass is 16.2. The van der Waals surface area contributed by atoms with Crippen molar-refractivity contribution in [1.29, 1.82) is 0 Å². The van der Waals surface area contributed by atoms with Crippen molar-refractivity contribution < 1.29 is 4.79 Å². The number of hydrogen-bond donors (Lipinski definition) is 0. The van der Waals surface area contributed by atoms with Crippen LogP contribution in [0.25, 0.3) is 0 Å². The van der Waals surface area contributed by atoms with Gasteiger partial charge < -0.3 is 4.90 Å². The summed E-state index contributed by atoms with van der Waals surface area (Å²) in [4.78, 5) is 13.1. The molecule has 0 bridgehead atoms. The monoisotopic (exact) mass is 219 g/mol. The van der Waals surface area contributed by atoms with Crippen LogP contribution >= 0.6 is 0 Å². The van der Waals surface area contributed by atoms with Gasteiger partial charge in [0.15, 0.2) is 0 Å². The summed E-state index contributed by atoms with van der Waals surface area (Å²) in [5, 5.41) is 0. The lowest BCUT2D eigenvalue weighted by Gasteiger charge is -2.19. The van der Waals surface area contributed by atoms with Gasteiger partial charge >= 0.3 is 0 Å². The summed E-state index contributed by atoms with van der Waals surface area (Å²) >= 11 is 0. The minimum absolute atomic E-state index is 0.142. The highest BCUT2D eigenvalue weighted by Crippen LogP contribution is 2.22. The third kappa shape index (κ3) is 3.37. The third-order valence-electron chi connectivity index (χ3n) is 2.67. The van der Waals surface area contributed by atoms with Gasteiger partial charge in [-0.15, -0.1) is 0 Å². The molecule has 88 valence electrons. The van der Waals surface area contributed by atoms with Crippen molar-refractivity contribution in [2.24, 2.45) is 0 Å². The molecule has 0 aliphatic carbocycles. The maximum Gasteiger partial charge on any atom is 0.226 e. The molecule has 0 aliphatic heterocycles. The Bertz CT molecular complexity index is 357. The van der Waals surface area contributed by atoms with E-state index in [-0.39, 0.29) is 11.3 Å². The number of carbonyl (C=O) groups is 1. The second-order valence-electron chi connectivity index (χ2n) is 5.41. The summed E-state index contributed by atoms with van der Waals surface area (Å²) in [5.74, 6) is 0.142. The lowest BCUT2D eigenvalue weighted by atomic mass is 9.86. The second kappa shape index (κ2) is 4.69. The maximum absolute atomic E-state index is 11.5. The van der Waals surface area contributed by atoms with Crippen molar-refractivity contribution in [3.63, 3.8) is 0 Å². The Labute approximate surface area is 98.3 Å². The van der Waals surface area contributed by atoms with Crippen LogP contribution in [0.1, 0.15) is 31.9 Å². The van der Waals surface area contributed by atoms with Crippen LogP contribution < -0.4 is 0 Å². The van der Waals surface area contributed by atoms with Crippen molar-refractivity contribution in [3.8, 4) is 0 Å². The number of likely N-dealkylation sites (N-methyl/N-ethyl adjacent to an activating group) is 1. The second-order valence-corrected chi connectivity index (χ2v) is 5.41. The molecule has 2 heteroatoms. The molecular formula is C14H21NO. The molecule has 0 N–H and O–H groups in total. The number of carbonyl (C=O) groups excluding carboxylic acids is 1. The number of hydrogen-bond acceptors (Lipinski definition) is 1. The van der Waals surface area contributed by atoms with Gasteiger partial charge in [-0.1, -0.05) is 45.0 Å². The van der Waals surface area contributed by atoms with Gasteiger partial charge in [-0.05, 0) is 16.5 Å². The lowest BCUT2D eigenvalue weighted by Crippen LogP contribution is -2.23. The molecule has 0 heterocycles. The SMILES string of the molecule is CN(C)C(=O)Cc1ccc(C(C)(C)C)cc1. The first-order chi connectivity index (χ1) is 7.30. The molecule has 1 aromatic rings. The number of benzene rings is 1. The van der Waals surface area contributed by atoms with Gasteiger partial charge in [-0.2, -0.15) is 0 Å². The predicted octanol–water partition coefficient (Wildman–Crippen LogP) is 2.61. The molecular weight excluding hydrogens is 198 g/mol. The largest absolute Gasteiger partial charge is 0.349 e. The highest BCUT2D eigenvalue weighted by Gasteiger charge is 2.13. The molecule has 2 nitrogen and oxygen atoms in total. The minimum Gasteiger partial charge on any atom is -0.349 e. The molecule has 0 fully saturated rings. The third-order valence-corrected chi connectivity index (χ3v) is 2.67. The van der Waals surface area contributed by atoms with E-state index in [2.05, 4.69) is 32.9 Å². The van der Waals surface area contributed by atoms with Crippen LogP contribution in [0.5, 0.6) is 0 Å².